The number of carbonyl (C=O) groups excluding carboxylic acids is 1. The lowest BCUT2D eigenvalue weighted by atomic mass is 9.89. The molecule has 2 atom stereocenters. The molecule has 2 unspecified atom stereocenters. The van der Waals surface area contributed by atoms with E-state index in [4.69, 9.17) is 5.73 Å². The molecule has 0 spiro atoms. The molecule has 2 fully saturated rings. The lowest BCUT2D eigenvalue weighted by Gasteiger charge is -2.35. The molecular weight excluding hydrogens is 272 g/mol. The highest BCUT2D eigenvalue weighted by molar-refractivity contribution is 5.85. The molecule has 1 saturated heterocycles. The maximum atomic E-state index is 12.5. The fourth-order valence-corrected chi connectivity index (χ4v) is 3.80. The summed E-state index contributed by atoms with van der Waals surface area (Å²) in [5.74, 6) is 2.01. The Morgan fingerprint density at radius 1 is 1.15 bits per heavy atom. The number of nitrogens with two attached hydrogens (primary N) is 1. The van der Waals surface area contributed by atoms with Crippen molar-refractivity contribution in [3.8, 4) is 0 Å². The summed E-state index contributed by atoms with van der Waals surface area (Å²) in [5.41, 5.74) is 5.95. The molecule has 0 aromatic rings. The van der Waals surface area contributed by atoms with Crippen LogP contribution in [0.25, 0.3) is 0 Å². The number of carbonyl (C=O) groups is 1. The van der Waals surface area contributed by atoms with Crippen LogP contribution in [0.4, 0.5) is 0 Å². The molecule has 1 aliphatic heterocycles. The second-order valence-electron chi connectivity index (χ2n) is 6.81. The fourth-order valence-electron chi connectivity index (χ4n) is 3.80. The third kappa shape index (κ3) is 4.63. The highest BCUT2D eigenvalue weighted by Gasteiger charge is 2.29. The van der Waals surface area contributed by atoms with Gasteiger partial charge in [-0.2, -0.15) is 0 Å². The number of hydrogen-bond acceptors (Lipinski definition) is 2. The number of amides is 1. The maximum absolute atomic E-state index is 12.5. The van der Waals surface area contributed by atoms with Gasteiger partial charge in [-0.25, -0.2) is 0 Å². The van der Waals surface area contributed by atoms with Crippen LogP contribution in [0.2, 0.25) is 0 Å². The molecule has 2 aliphatic rings. The van der Waals surface area contributed by atoms with Crippen LogP contribution in [0.5, 0.6) is 0 Å². The molecule has 2 N–H and O–H groups in total. The van der Waals surface area contributed by atoms with Gasteiger partial charge < -0.3 is 10.6 Å². The van der Waals surface area contributed by atoms with E-state index in [-0.39, 0.29) is 24.4 Å². The van der Waals surface area contributed by atoms with Crippen LogP contribution >= 0.6 is 12.4 Å². The van der Waals surface area contributed by atoms with E-state index < -0.39 is 0 Å². The molecule has 118 valence electrons. The first-order chi connectivity index (χ1) is 9.08. The van der Waals surface area contributed by atoms with Gasteiger partial charge in [0, 0.05) is 25.0 Å². The van der Waals surface area contributed by atoms with Crippen LogP contribution in [0.1, 0.15) is 58.8 Å². The predicted molar refractivity (Wildman–Crippen MR) is 85.9 cm³/mol. The summed E-state index contributed by atoms with van der Waals surface area (Å²) in [6.07, 6.45) is 8.68. The van der Waals surface area contributed by atoms with Gasteiger partial charge in [0.1, 0.15) is 0 Å². The lowest BCUT2D eigenvalue weighted by molar-refractivity contribution is -0.137. The minimum Gasteiger partial charge on any atom is -0.342 e. The van der Waals surface area contributed by atoms with E-state index in [1.54, 1.807) is 0 Å². The quantitative estimate of drug-likeness (QED) is 0.867. The Morgan fingerprint density at radius 2 is 1.70 bits per heavy atom. The molecule has 1 amide bonds. The third-order valence-electron chi connectivity index (χ3n) is 5.18. The SMILES string of the molecule is CC(CC1CCCC1)C(=O)N1CCC(C(C)N)CC1.Cl. The Balaban J connectivity index is 0.00000200. The first-order valence-corrected chi connectivity index (χ1v) is 8.12. The first kappa shape index (κ1) is 17.8. The van der Waals surface area contributed by atoms with Crippen LogP contribution < -0.4 is 5.73 Å². The summed E-state index contributed by atoms with van der Waals surface area (Å²) >= 11 is 0. The van der Waals surface area contributed by atoms with E-state index in [9.17, 15) is 4.79 Å². The van der Waals surface area contributed by atoms with Gasteiger partial charge in [-0.1, -0.05) is 32.6 Å². The van der Waals surface area contributed by atoms with Gasteiger partial charge in [-0.05, 0) is 38.0 Å². The molecule has 20 heavy (non-hydrogen) atoms. The number of nitrogens with zero attached hydrogens (tertiary/aromatic N) is 1. The lowest BCUT2D eigenvalue weighted by Crippen LogP contribution is -2.44. The van der Waals surface area contributed by atoms with Crippen molar-refractivity contribution < 1.29 is 4.79 Å². The van der Waals surface area contributed by atoms with Crippen molar-refractivity contribution in [2.24, 2.45) is 23.5 Å². The molecule has 0 aromatic carbocycles. The van der Waals surface area contributed by atoms with E-state index in [2.05, 4.69) is 18.7 Å². The first-order valence-electron chi connectivity index (χ1n) is 8.12. The van der Waals surface area contributed by atoms with Gasteiger partial charge in [0.25, 0.3) is 0 Å². The van der Waals surface area contributed by atoms with Crippen molar-refractivity contribution in [1.29, 1.82) is 0 Å². The van der Waals surface area contributed by atoms with Crippen LogP contribution in [-0.2, 0) is 4.79 Å². The maximum Gasteiger partial charge on any atom is 0.225 e. The summed E-state index contributed by atoms with van der Waals surface area (Å²) in [6, 6.07) is 0.271. The number of piperidine rings is 1. The van der Waals surface area contributed by atoms with Gasteiger partial charge in [0.15, 0.2) is 0 Å². The third-order valence-corrected chi connectivity index (χ3v) is 5.18. The highest BCUT2D eigenvalue weighted by atomic mass is 35.5. The Morgan fingerprint density at radius 3 is 2.20 bits per heavy atom. The van der Waals surface area contributed by atoms with Crippen molar-refractivity contribution in [3.63, 3.8) is 0 Å². The molecule has 4 heteroatoms. The highest BCUT2D eigenvalue weighted by Crippen LogP contribution is 2.31. The Bertz CT molecular complexity index is 295. The molecule has 1 aliphatic carbocycles. The largest absolute Gasteiger partial charge is 0.342 e. The standard InChI is InChI=1S/C16H30N2O.ClH/c1-12(11-14-5-3-4-6-14)16(19)18-9-7-15(8-10-18)13(2)17;/h12-15H,3-11,17H2,1-2H3;1H. The Labute approximate surface area is 130 Å². The predicted octanol–water partition coefficient (Wildman–Crippen LogP) is 3.21. The monoisotopic (exact) mass is 302 g/mol. The average Bonchev–Trinajstić information content (AvgIpc) is 2.90. The van der Waals surface area contributed by atoms with Crippen molar-refractivity contribution >= 4 is 18.3 Å². The molecule has 0 bridgehead atoms. The van der Waals surface area contributed by atoms with Crippen molar-refractivity contribution in [1.82, 2.24) is 4.90 Å². The van der Waals surface area contributed by atoms with E-state index >= 15 is 0 Å². The number of rotatable bonds is 4. The minimum atomic E-state index is 0. The molecule has 2 rings (SSSR count). The van der Waals surface area contributed by atoms with Crippen LogP contribution in [0, 0.1) is 17.8 Å². The van der Waals surface area contributed by atoms with Gasteiger partial charge in [-0.15, -0.1) is 12.4 Å². The number of likely N-dealkylation sites (tertiary alicyclic amines) is 1. The van der Waals surface area contributed by atoms with E-state index in [0.717, 1.165) is 38.3 Å². The summed E-state index contributed by atoms with van der Waals surface area (Å²) in [7, 11) is 0. The second kappa shape index (κ2) is 8.23. The fraction of sp³-hybridized carbons (Fsp3) is 0.938. The molecule has 3 nitrogen and oxygen atoms in total. The smallest absolute Gasteiger partial charge is 0.225 e. The zero-order valence-electron chi connectivity index (χ0n) is 13.0. The van der Waals surface area contributed by atoms with Gasteiger partial charge >= 0.3 is 0 Å². The van der Waals surface area contributed by atoms with Gasteiger partial charge in [-0.3, -0.25) is 4.79 Å². The average molecular weight is 303 g/mol. The normalized spacial score (nSPS) is 24.2. The summed E-state index contributed by atoms with van der Waals surface area (Å²) in [4.78, 5) is 14.5. The molecule has 0 radical (unpaired) electrons. The molecule has 0 aromatic heterocycles. The molecule has 1 saturated carbocycles. The molecule has 1 heterocycles. The van der Waals surface area contributed by atoms with E-state index in [0.29, 0.717) is 11.8 Å². The second-order valence-corrected chi connectivity index (χ2v) is 6.81. The number of hydrogen-bond donors (Lipinski definition) is 1. The minimum absolute atomic E-state index is 0. The van der Waals surface area contributed by atoms with Gasteiger partial charge in [0.2, 0.25) is 5.91 Å². The van der Waals surface area contributed by atoms with Crippen molar-refractivity contribution in [3.05, 3.63) is 0 Å². The van der Waals surface area contributed by atoms with Crippen LogP contribution in [0.15, 0.2) is 0 Å². The zero-order chi connectivity index (χ0) is 13.8. The van der Waals surface area contributed by atoms with E-state index in [1.807, 2.05) is 0 Å². The van der Waals surface area contributed by atoms with Crippen LogP contribution in [0.3, 0.4) is 0 Å². The van der Waals surface area contributed by atoms with Crippen molar-refractivity contribution in [2.75, 3.05) is 13.1 Å². The van der Waals surface area contributed by atoms with Gasteiger partial charge in [0.05, 0.1) is 0 Å². The Hall–Kier alpha value is -0.280. The zero-order valence-corrected chi connectivity index (χ0v) is 13.8. The Kier molecular flexibility index (Phi) is 7.32. The van der Waals surface area contributed by atoms with Crippen molar-refractivity contribution in [2.45, 2.75) is 64.8 Å². The molecular formula is C16H31ClN2O. The van der Waals surface area contributed by atoms with Crippen LogP contribution in [-0.4, -0.2) is 29.9 Å². The topological polar surface area (TPSA) is 46.3 Å². The summed E-state index contributed by atoms with van der Waals surface area (Å²) < 4.78 is 0. The van der Waals surface area contributed by atoms with E-state index in [1.165, 1.54) is 25.7 Å². The summed E-state index contributed by atoms with van der Waals surface area (Å²) in [5, 5.41) is 0. The number of halogens is 1. The summed E-state index contributed by atoms with van der Waals surface area (Å²) in [6.45, 7) is 6.04.